The predicted octanol–water partition coefficient (Wildman–Crippen LogP) is 5.74. The van der Waals surface area contributed by atoms with Crippen molar-refractivity contribution in [1.29, 1.82) is 0 Å². The van der Waals surface area contributed by atoms with Crippen LogP contribution in [0.15, 0.2) is 64.8 Å². The third-order valence-electron chi connectivity index (χ3n) is 5.30. The number of nitrogens with zero attached hydrogens (tertiary/aromatic N) is 1. The number of aromatic nitrogens is 1. The summed E-state index contributed by atoms with van der Waals surface area (Å²) in [6.45, 7) is 4.96. The van der Waals surface area contributed by atoms with Crippen molar-refractivity contribution in [2.45, 2.75) is 26.9 Å². The topological polar surface area (TPSA) is 48.1 Å². The summed E-state index contributed by atoms with van der Waals surface area (Å²) in [4.78, 5) is 19.0. The summed E-state index contributed by atoms with van der Waals surface area (Å²) in [5.41, 5.74) is 4.29. The maximum atomic E-state index is 13.2. The van der Waals surface area contributed by atoms with E-state index in [1.807, 2.05) is 48.4 Å². The molecule has 0 saturated heterocycles. The lowest BCUT2D eigenvalue weighted by Crippen LogP contribution is -2.35. The lowest BCUT2D eigenvalue weighted by molar-refractivity contribution is 0.415. The van der Waals surface area contributed by atoms with Crippen LogP contribution in [0.4, 0.5) is 10.1 Å². The molecular formula is C24H22FN3OS2. The number of aryl methyl sites for hydroxylation is 2. The van der Waals surface area contributed by atoms with E-state index in [0.717, 1.165) is 26.9 Å². The van der Waals surface area contributed by atoms with Crippen LogP contribution < -0.4 is 10.9 Å². The lowest BCUT2D eigenvalue weighted by Gasteiger charge is -2.25. The summed E-state index contributed by atoms with van der Waals surface area (Å²) >= 11 is 7.29. The number of halogens is 1. The van der Waals surface area contributed by atoms with Crippen molar-refractivity contribution in [3.8, 4) is 0 Å². The van der Waals surface area contributed by atoms with E-state index in [2.05, 4.69) is 16.4 Å². The van der Waals surface area contributed by atoms with E-state index in [1.165, 1.54) is 12.1 Å². The molecule has 2 heterocycles. The van der Waals surface area contributed by atoms with Gasteiger partial charge in [-0.05, 0) is 84.4 Å². The second-order valence-electron chi connectivity index (χ2n) is 7.47. The summed E-state index contributed by atoms with van der Waals surface area (Å²) < 4.78 is 13.2. The van der Waals surface area contributed by atoms with E-state index in [1.54, 1.807) is 23.5 Å². The van der Waals surface area contributed by atoms with Gasteiger partial charge in [-0.3, -0.25) is 4.79 Å². The Kier molecular flexibility index (Phi) is 6.15. The number of thiophene rings is 1. The largest absolute Gasteiger partial charge is 0.339 e. The molecule has 158 valence electrons. The van der Waals surface area contributed by atoms with Gasteiger partial charge in [0.1, 0.15) is 5.82 Å². The molecule has 2 N–H and O–H groups in total. The van der Waals surface area contributed by atoms with Crippen LogP contribution in [0.25, 0.3) is 10.9 Å². The van der Waals surface area contributed by atoms with Crippen LogP contribution in [0.1, 0.15) is 21.6 Å². The highest BCUT2D eigenvalue weighted by Gasteiger charge is 2.15. The highest BCUT2D eigenvalue weighted by molar-refractivity contribution is 7.80. The Morgan fingerprint density at radius 1 is 1.13 bits per heavy atom. The molecule has 4 aromatic rings. The first-order valence-corrected chi connectivity index (χ1v) is 11.2. The monoisotopic (exact) mass is 451 g/mol. The number of anilines is 1. The van der Waals surface area contributed by atoms with Crippen molar-refractivity contribution in [3.63, 3.8) is 0 Å². The zero-order chi connectivity index (χ0) is 22.0. The zero-order valence-electron chi connectivity index (χ0n) is 17.2. The molecule has 0 unspecified atom stereocenters. The highest BCUT2D eigenvalue weighted by atomic mass is 32.1. The number of pyridine rings is 1. The predicted molar refractivity (Wildman–Crippen MR) is 130 cm³/mol. The molecule has 0 fully saturated rings. The first kappa shape index (κ1) is 21.2. The second kappa shape index (κ2) is 8.99. The molecule has 2 aromatic heterocycles. The molecule has 0 spiro atoms. The van der Waals surface area contributed by atoms with Gasteiger partial charge in [0.2, 0.25) is 0 Å². The smallest absolute Gasteiger partial charge is 0.253 e. The Balaban J connectivity index is 1.64. The first-order valence-electron chi connectivity index (χ1n) is 9.86. The molecule has 0 saturated carbocycles. The number of hydrogen-bond acceptors (Lipinski definition) is 3. The highest BCUT2D eigenvalue weighted by Crippen LogP contribution is 2.21. The van der Waals surface area contributed by atoms with Gasteiger partial charge in [0.25, 0.3) is 5.56 Å². The lowest BCUT2D eigenvalue weighted by atomic mass is 10.0. The summed E-state index contributed by atoms with van der Waals surface area (Å²) in [6, 6.07) is 16.1. The quantitative estimate of drug-likeness (QED) is 0.380. The number of rotatable bonds is 5. The summed E-state index contributed by atoms with van der Waals surface area (Å²) in [5, 5.41) is 6.63. The average molecular weight is 452 g/mol. The summed E-state index contributed by atoms with van der Waals surface area (Å²) in [7, 11) is 0. The number of thiocarbonyl (C=S) groups is 1. The fraction of sp³-hybridized carbons (Fsp3) is 0.167. The standard InChI is InChI=1S/C24H22FN3OS2/c1-15-5-6-17-12-18(23(29)27-22(17)16(15)2)13-28(14-21-4-3-11-31-21)24(30)26-20-9-7-19(25)8-10-20/h3-12H,13-14H2,1-2H3,(H,26,30)(H,27,29). The van der Waals surface area contributed by atoms with Gasteiger partial charge in [-0.2, -0.15) is 0 Å². The molecule has 4 rings (SSSR count). The second-order valence-corrected chi connectivity index (χ2v) is 8.89. The van der Waals surface area contributed by atoms with E-state index in [0.29, 0.717) is 29.5 Å². The Morgan fingerprint density at radius 3 is 2.61 bits per heavy atom. The molecule has 31 heavy (non-hydrogen) atoms. The van der Waals surface area contributed by atoms with Gasteiger partial charge in [0.05, 0.1) is 18.6 Å². The van der Waals surface area contributed by atoms with Gasteiger partial charge in [0.15, 0.2) is 5.11 Å². The maximum Gasteiger partial charge on any atom is 0.253 e. The van der Waals surface area contributed by atoms with Gasteiger partial charge in [-0.1, -0.05) is 18.2 Å². The molecule has 0 atom stereocenters. The molecule has 0 aliphatic heterocycles. The minimum Gasteiger partial charge on any atom is -0.339 e. The fourth-order valence-corrected chi connectivity index (χ4v) is 4.39. The van der Waals surface area contributed by atoms with E-state index in [9.17, 15) is 9.18 Å². The van der Waals surface area contributed by atoms with Crippen molar-refractivity contribution < 1.29 is 4.39 Å². The Bertz CT molecular complexity index is 1280. The normalized spacial score (nSPS) is 10.9. The van der Waals surface area contributed by atoms with Crippen LogP contribution in [-0.4, -0.2) is 15.0 Å². The van der Waals surface area contributed by atoms with Crippen LogP contribution in [-0.2, 0) is 13.1 Å². The van der Waals surface area contributed by atoms with Crippen molar-refractivity contribution >= 4 is 45.3 Å². The Labute approximate surface area is 189 Å². The van der Waals surface area contributed by atoms with Gasteiger partial charge in [0, 0.05) is 16.1 Å². The van der Waals surface area contributed by atoms with E-state index < -0.39 is 0 Å². The molecular weight excluding hydrogens is 429 g/mol. The summed E-state index contributed by atoms with van der Waals surface area (Å²) in [5.74, 6) is -0.305. The van der Waals surface area contributed by atoms with Crippen molar-refractivity contribution in [2.75, 3.05) is 5.32 Å². The SMILES string of the molecule is Cc1ccc2cc(CN(Cc3cccs3)C(=S)Nc3ccc(F)cc3)c(=O)[nH]c2c1C. The van der Waals surface area contributed by atoms with E-state index in [4.69, 9.17) is 12.2 Å². The minimum atomic E-state index is -0.305. The number of nitrogens with one attached hydrogen (secondary N) is 2. The van der Waals surface area contributed by atoms with Crippen molar-refractivity contribution in [1.82, 2.24) is 9.88 Å². The number of hydrogen-bond donors (Lipinski definition) is 2. The van der Waals surface area contributed by atoms with Gasteiger partial charge >= 0.3 is 0 Å². The molecule has 0 aliphatic carbocycles. The van der Waals surface area contributed by atoms with Crippen LogP contribution in [0.2, 0.25) is 0 Å². The van der Waals surface area contributed by atoms with Crippen molar-refractivity contribution in [3.05, 3.63) is 97.7 Å². The van der Waals surface area contributed by atoms with Gasteiger partial charge in [-0.15, -0.1) is 11.3 Å². The maximum absolute atomic E-state index is 13.2. The van der Waals surface area contributed by atoms with Crippen LogP contribution >= 0.6 is 23.6 Å². The number of aromatic amines is 1. The molecule has 7 heteroatoms. The first-order chi connectivity index (χ1) is 14.9. The van der Waals surface area contributed by atoms with Gasteiger partial charge in [-0.25, -0.2) is 4.39 Å². The van der Waals surface area contributed by atoms with Crippen LogP contribution in [0.5, 0.6) is 0 Å². The molecule has 0 amide bonds. The molecule has 2 aromatic carbocycles. The van der Waals surface area contributed by atoms with Crippen LogP contribution in [0.3, 0.4) is 0 Å². The summed E-state index contributed by atoms with van der Waals surface area (Å²) in [6.07, 6.45) is 0. The number of benzene rings is 2. The third-order valence-corrected chi connectivity index (χ3v) is 6.52. The average Bonchev–Trinajstić information content (AvgIpc) is 3.26. The Morgan fingerprint density at radius 2 is 1.90 bits per heavy atom. The van der Waals surface area contributed by atoms with Crippen molar-refractivity contribution in [2.24, 2.45) is 0 Å². The molecule has 0 aliphatic rings. The van der Waals surface area contributed by atoms with E-state index >= 15 is 0 Å². The number of H-pyrrole nitrogens is 1. The Hall–Kier alpha value is -3.03. The van der Waals surface area contributed by atoms with Gasteiger partial charge < -0.3 is 15.2 Å². The minimum absolute atomic E-state index is 0.123. The third kappa shape index (κ3) is 4.84. The number of fused-ring (bicyclic) bond motifs is 1. The van der Waals surface area contributed by atoms with Crippen LogP contribution in [0, 0.1) is 19.7 Å². The molecule has 4 nitrogen and oxygen atoms in total. The van der Waals surface area contributed by atoms with E-state index in [-0.39, 0.29) is 11.4 Å². The molecule has 0 bridgehead atoms. The fourth-order valence-electron chi connectivity index (χ4n) is 3.42. The molecule has 0 radical (unpaired) electrons. The zero-order valence-corrected chi connectivity index (χ0v) is 18.9.